The summed E-state index contributed by atoms with van der Waals surface area (Å²) in [6.45, 7) is 3.75. The van der Waals surface area contributed by atoms with E-state index < -0.39 is 23.7 Å². The van der Waals surface area contributed by atoms with Crippen LogP contribution in [0.15, 0.2) is 111 Å². The summed E-state index contributed by atoms with van der Waals surface area (Å²) in [7, 11) is 3.93. The van der Waals surface area contributed by atoms with Crippen LogP contribution in [0.4, 0.5) is 22.7 Å². The second-order valence-electron chi connectivity index (χ2n) is 13.0. The molecule has 3 aromatic rings. The smallest absolute Gasteiger partial charge is 0.238 e. The molecule has 10 nitrogen and oxygen atoms in total. The lowest BCUT2D eigenvalue weighted by Gasteiger charge is -2.42. The number of aromatic hydroxyl groups is 1. The van der Waals surface area contributed by atoms with E-state index in [2.05, 4.69) is 10.2 Å². The van der Waals surface area contributed by atoms with E-state index in [1.165, 1.54) is 17.0 Å². The Morgan fingerprint density at radius 1 is 0.898 bits per heavy atom. The number of nitrogens with zero attached hydrogens (tertiary/aromatic N) is 4. The van der Waals surface area contributed by atoms with Crippen molar-refractivity contribution in [2.24, 2.45) is 28.0 Å². The topological polar surface area (TPSA) is 129 Å². The molecule has 0 unspecified atom stereocenters. The Kier molecular flexibility index (Phi) is 8.10. The summed E-state index contributed by atoms with van der Waals surface area (Å²) in [5, 5.41) is 19.1. The molecule has 4 atom stereocenters. The molecular formula is C39H36N4O6. The van der Waals surface area contributed by atoms with E-state index in [1.807, 2.05) is 56.3 Å². The quantitative estimate of drug-likeness (QED) is 0.127. The molecule has 1 N–H and O–H groups in total. The molecule has 0 radical (unpaired) electrons. The molecule has 3 aliphatic carbocycles. The number of amides is 2. The minimum atomic E-state index is -0.703. The second-order valence-corrected chi connectivity index (χ2v) is 13.0. The van der Waals surface area contributed by atoms with Crippen LogP contribution >= 0.6 is 0 Å². The lowest BCUT2D eigenvalue weighted by Crippen LogP contribution is -2.39. The van der Waals surface area contributed by atoms with Crippen LogP contribution < -0.4 is 14.5 Å². The van der Waals surface area contributed by atoms with Gasteiger partial charge in [0.25, 0.3) is 0 Å². The van der Waals surface area contributed by atoms with Crippen LogP contribution in [-0.4, -0.2) is 49.2 Å². The third-order valence-electron chi connectivity index (χ3n) is 9.93. The highest BCUT2D eigenvalue weighted by Crippen LogP contribution is 2.56. The molecule has 1 aliphatic heterocycles. The van der Waals surface area contributed by atoms with E-state index in [4.69, 9.17) is 4.74 Å². The monoisotopic (exact) mass is 656 g/mol. The molecular weight excluding hydrogens is 620 g/mol. The van der Waals surface area contributed by atoms with Gasteiger partial charge in [0.2, 0.25) is 11.8 Å². The molecule has 0 saturated carbocycles. The number of azo groups is 1. The summed E-state index contributed by atoms with van der Waals surface area (Å²) in [4.78, 5) is 58.5. The van der Waals surface area contributed by atoms with Gasteiger partial charge in [0.1, 0.15) is 0 Å². The molecule has 1 heterocycles. The Labute approximate surface area is 284 Å². The van der Waals surface area contributed by atoms with Crippen LogP contribution in [0.2, 0.25) is 0 Å². The third kappa shape index (κ3) is 5.47. The number of anilines is 2. The SMILES string of the molecule is CCOc1cc([C@H]2C3=CC[C@@H]4C(=O)N(c5ccc(N=Nc6ccc(N(C)C)cc6)cc5)C(=O)[C@@H]4[C@@H]3CC3=C2C(=O)C=C(C)C3=O)ccc1O. The van der Waals surface area contributed by atoms with Gasteiger partial charge in [-0.3, -0.25) is 24.1 Å². The van der Waals surface area contributed by atoms with Crippen molar-refractivity contribution in [2.45, 2.75) is 32.6 Å². The highest BCUT2D eigenvalue weighted by molar-refractivity contribution is 6.25. The Morgan fingerprint density at radius 3 is 2.22 bits per heavy atom. The van der Waals surface area contributed by atoms with Gasteiger partial charge in [0, 0.05) is 42.4 Å². The van der Waals surface area contributed by atoms with Crippen LogP contribution in [0.3, 0.4) is 0 Å². The molecule has 1 fully saturated rings. The molecule has 0 aromatic heterocycles. The minimum Gasteiger partial charge on any atom is -0.504 e. The standard InChI is InChI=1S/C39H36N4O6/c1-5-49-33-19-22(6-17-31(33)44)34-27-15-16-28-35(29(27)20-30-36(34)32(45)18-21(2)37(30)46)39(48)43(38(28)47)26-13-9-24(10-14-26)41-40-23-7-11-25(12-8-23)42(3)4/h6-15,17-19,28-29,34-35,44H,5,16,20H2,1-4H3/t28-,29+,34-,35-/m0/s1. The summed E-state index contributed by atoms with van der Waals surface area (Å²) in [5.74, 6) is -3.26. The van der Waals surface area contributed by atoms with Crippen molar-refractivity contribution in [2.75, 3.05) is 30.5 Å². The summed E-state index contributed by atoms with van der Waals surface area (Å²) < 4.78 is 5.66. The van der Waals surface area contributed by atoms with Gasteiger partial charge in [-0.05, 0) is 105 Å². The van der Waals surface area contributed by atoms with E-state index in [0.29, 0.717) is 52.4 Å². The number of phenols is 1. The van der Waals surface area contributed by atoms with Crippen LogP contribution in [0.5, 0.6) is 11.5 Å². The zero-order valence-corrected chi connectivity index (χ0v) is 27.7. The van der Waals surface area contributed by atoms with Gasteiger partial charge < -0.3 is 14.7 Å². The fraction of sp³-hybridized carbons (Fsp3) is 0.282. The number of Topliss-reactive ketones (excluding diaryl/α,β-unsaturated/α-hetero) is 1. The van der Waals surface area contributed by atoms with Gasteiger partial charge in [-0.2, -0.15) is 10.2 Å². The van der Waals surface area contributed by atoms with Crippen LogP contribution in [-0.2, 0) is 19.2 Å². The number of benzene rings is 3. The zero-order chi connectivity index (χ0) is 34.6. The van der Waals surface area contributed by atoms with Crippen molar-refractivity contribution in [3.63, 3.8) is 0 Å². The maximum Gasteiger partial charge on any atom is 0.238 e. The zero-order valence-electron chi connectivity index (χ0n) is 27.7. The van der Waals surface area contributed by atoms with Crippen molar-refractivity contribution < 1.29 is 29.0 Å². The summed E-state index contributed by atoms with van der Waals surface area (Å²) in [6.07, 6.45) is 3.86. The van der Waals surface area contributed by atoms with Crippen molar-refractivity contribution in [1.29, 1.82) is 0 Å². The van der Waals surface area contributed by atoms with Crippen LogP contribution in [0, 0.1) is 17.8 Å². The first-order valence-corrected chi connectivity index (χ1v) is 16.4. The number of ketones is 2. The maximum atomic E-state index is 14.3. The van der Waals surface area contributed by atoms with E-state index in [1.54, 1.807) is 43.3 Å². The molecule has 7 rings (SSSR count). The van der Waals surface area contributed by atoms with Gasteiger partial charge in [-0.15, -0.1) is 0 Å². The lowest BCUT2D eigenvalue weighted by molar-refractivity contribution is -0.123. The number of phenolic OH excluding ortho intramolecular Hbond substituents is 1. The van der Waals surface area contributed by atoms with E-state index in [0.717, 1.165) is 11.3 Å². The Balaban J connectivity index is 1.20. The molecule has 4 aliphatic rings. The largest absolute Gasteiger partial charge is 0.504 e. The Morgan fingerprint density at radius 2 is 1.57 bits per heavy atom. The van der Waals surface area contributed by atoms with Crippen LogP contribution in [0.25, 0.3) is 0 Å². The number of allylic oxidation sites excluding steroid dienone is 6. The predicted molar refractivity (Wildman–Crippen MR) is 184 cm³/mol. The Bertz CT molecular complexity index is 2020. The highest BCUT2D eigenvalue weighted by atomic mass is 16.5. The van der Waals surface area contributed by atoms with Crippen molar-refractivity contribution in [1.82, 2.24) is 0 Å². The normalized spacial score (nSPS) is 23.3. The second kappa shape index (κ2) is 12.4. The van der Waals surface area contributed by atoms with Crippen molar-refractivity contribution in [3.05, 3.63) is 107 Å². The molecule has 49 heavy (non-hydrogen) atoms. The highest BCUT2D eigenvalue weighted by Gasteiger charge is 2.56. The average Bonchev–Trinajstić information content (AvgIpc) is 3.36. The van der Waals surface area contributed by atoms with Gasteiger partial charge in [-0.1, -0.05) is 17.7 Å². The number of imide groups is 1. The molecule has 2 amide bonds. The number of fused-ring (bicyclic) bond motifs is 3. The Hall–Kier alpha value is -5.64. The molecule has 3 aromatic carbocycles. The van der Waals surface area contributed by atoms with E-state index in [9.17, 15) is 24.3 Å². The first-order valence-electron chi connectivity index (χ1n) is 16.4. The molecule has 248 valence electrons. The summed E-state index contributed by atoms with van der Waals surface area (Å²) >= 11 is 0. The molecule has 0 spiro atoms. The van der Waals surface area contributed by atoms with E-state index in [-0.39, 0.29) is 41.3 Å². The number of ether oxygens (including phenoxy) is 1. The summed E-state index contributed by atoms with van der Waals surface area (Å²) in [6, 6.07) is 19.4. The van der Waals surface area contributed by atoms with Gasteiger partial charge in [0.15, 0.2) is 23.1 Å². The average molecular weight is 657 g/mol. The van der Waals surface area contributed by atoms with Crippen LogP contribution in [0.1, 0.15) is 38.2 Å². The first-order chi connectivity index (χ1) is 23.6. The molecule has 1 saturated heterocycles. The fourth-order valence-electron chi connectivity index (χ4n) is 7.60. The number of hydrogen-bond acceptors (Lipinski definition) is 9. The van der Waals surface area contributed by atoms with Gasteiger partial charge in [0.05, 0.1) is 35.5 Å². The minimum absolute atomic E-state index is 0.0370. The van der Waals surface area contributed by atoms with Gasteiger partial charge >= 0.3 is 0 Å². The van der Waals surface area contributed by atoms with E-state index >= 15 is 0 Å². The lowest BCUT2D eigenvalue weighted by atomic mass is 9.59. The number of rotatable bonds is 7. The number of hydrogen-bond donors (Lipinski definition) is 1. The number of carbonyl (C=O) groups excluding carboxylic acids is 4. The predicted octanol–water partition coefficient (Wildman–Crippen LogP) is 6.91. The fourth-order valence-corrected chi connectivity index (χ4v) is 7.60. The molecule has 0 bridgehead atoms. The summed E-state index contributed by atoms with van der Waals surface area (Å²) in [5.41, 5.74) is 5.38. The maximum absolute atomic E-state index is 14.3. The van der Waals surface area contributed by atoms with Crippen molar-refractivity contribution >= 4 is 46.1 Å². The van der Waals surface area contributed by atoms with Gasteiger partial charge in [-0.25, -0.2) is 0 Å². The number of carbonyl (C=O) groups is 4. The third-order valence-corrected chi connectivity index (χ3v) is 9.93. The molecule has 10 heteroatoms. The first kappa shape index (κ1) is 31.9. The van der Waals surface area contributed by atoms with Crippen molar-refractivity contribution in [3.8, 4) is 11.5 Å².